The quantitative estimate of drug-likeness (QED) is 0.0283. The van der Waals surface area contributed by atoms with Crippen LogP contribution in [0, 0.1) is 0 Å². The van der Waals surface area contributed by atoms with Gasteiger partial charge in [0, 0.05) is 6.42 Å². The number of ether oxygens (including phenoxy) is 2. The number of carbonyl (C=O) groups is 1. The Balaban J connectivity index is 2.43. The Kier molecular flexibility index (Phi) is 32.6. The number of aliphatic hydroxyl groups is 5. The van der Waals surface area contributed by atoms with Crippen molar-refractivity contribution < 1.29 is 39.8 Å². The van der Waals surface area contributed by atoms with E-state index in [1.165, 1.54) is 70.6 Å². The summed E-state index contributed by atoms with van der Waals surface area (Å²) in [4.78, 5) is 12.9. The second-order valence-electron chi connectivity index (χ2n) is 14.8. The van der Waals surface area contributed by atoms with Crippen LogP contribution in [0.4, 0.5) is 0 Å². The standard InChI is InChI=1S/C45H79NO8/c1-3-5-7-9-11-13-15-17-19-20-21-23-25-27-29-31-33-35-41(49)46-38(37-53-45-44(52)43(51)42(50)40(36-47)54-45)39(48)34-32-30-28-26-24-22-18-16-14-12-10-8-6-4-2/h5,7,11,13,17,19,21,23,27,29,38-40,42-45,47-48,50-52H,3-4,6,8-10,12,14-16,18,20,22,24-26,28,30-37H2,1-2H3,(H,46,49)/b7-5-,13-11-,19-17-,23-21-,29-27-. The monoisotopic (exact) mass is 762 g/mol. The summed E-state index contributed by atoms with van der Waals surface area (Å²) in [5.74, 6) is -0.204. The van der Waals surface area contributed by atoms with E-state index in [2.05, 4.69) is 79.9 Å². The summed E-state index contributed by atoms with van der Waals surface area (Å²) in [6.45, 7) is 3.66. The Morgan fingerprint density at radius 3 is 1.63 bits per heavy atom. The SMILES string of the molecule is CC/C=C\C/C=C\C/C=C\C/C=C\C/C=C\CCCC(=O)NC(COC1OC(CO)C(O)C(O)C1O)C(O)CCCCCCCCCCCCCCCC. The second-order valence-corrected chi connectivity index (χ2v) is 14.8. The first kappa shape index (κ1) is 49.9. The fourth-order valence-corrected chi connectivity index (χ4v) is 6.43. The molecule has 1 aliphatic heterocycles. The van der Waals surface area contributed by atoms with E-state index in [0.717, 1.165) is 57.8 Å². The van der Waals surface area contributed by atoms with Gasteiger partial charge in [0.1, 0.15) is 24.4 Å². The fraction of sp³-hybridized carbons (Fsp3) is 0.756. The van der Waals surface area contributed by atoms with Gasteiger partial charge in [0.2, 0.25) is 5.91 Å². The highest BCUT2D eigenvalue weighted by molar-refractivity contribution is 5.76. The lowest BCUT2D eigenvalue weighted by Gasteiger charge is -2.40. The van der Waals surface area contributed by atoms with E-state index < -0.39 is 49.5 Å². The number of nitrogens with one attached hydrogen (secondary N) is 1. The van der Waals surface area contributed by atoms with Crippen molar-refractivity contribution in [2.24, 2.45) is 0 Å². The molecule has 54 heavy (non-hydrogen) atoms. The topological polar surface area (TPSA) is 149 Å². The van der Waals surface area contributed by atoms with Crippen molar-refractivity contribution in [2.45, 2.75) is 204 Å². The van der Waals surface area contributed by atoms with Crippen LogP contribution in [-0.2, 0) is 14.3 Å². The highest BCUT2D eigenvalue weighted by Crippen LogP contribution is 2.23. The molecule has 0 radical (unpaired) electrons. The van der Waals surface area contributed by atoms with E-state index in [0.29, 0.717) is 12.8 Å². The molecule has 0 saturated carbocycles. The number of aliphatic hydroxyl groups excluding tert-OH is 5. The van der Waals surface area contributed by atoms with Crippen LogP contribution in [0.3, 0.4) is 0 Å². The fourth-order valence-electron chi connectivity index (χ4n) is 6.43. The van der Waals surface area contributed by atoms with Crippen molar-refractivity contribution in [1.29, 1.82) is 0 Å². The second kappa shape index (κ2) is 35.3. The molecule has 0 aromatic carbocycles. The molecule has 0 aromatic rings. The maximum atomic E-state index is 12.9. The summed E-state index contributed by atoms with van der Waals surface area (Å²) < 4.78 is 11.2. The summed E-state index contributed by atoms with van der Waals surface area (Å²) in [6, 6.07) is -0.749. The first-order valence-corrected chi connectivity index (χ1v) is 21.5. The minimum Gasteiger partial charge on any atom is -0.394 e. The van der Waals surface area contributed by atoms with Gasteiger partial charge < -0.3 is 40.3 Å². The van der Waals surface area contributed by atoms with Gasteiger partial charge in [-0.3, -0.25) is 4.79 Å². The molecule has 7 unspecified atom stereocenters. The van der Waals surface area contributed by atoms with Crippen molar-refractivity contribution in [1.82, 2.24) is 5.32 Å². The number of unbranched alkanes of at least 4 members (excludes halogenated alkanes) is 14. The first-order valence-electron chi connectivity index (χ1n) is 21.5. The maximum Gasteiger partial charge on any atom is 0.220 e. The number of hydrogen-bond donors (Lipinski definition) is 6. The van der Waals surface area contributed by atoms with Crippen LogP contribution in [0.1, 0.15) is 162 Å². The normalized spacial score (nSPS) is 22.1. The first-order chi connectivity index (χ1) is 26.3. The molecule has 1 heterocycles. The van der Waals surface area contributed by atoms with Gasteiger partial charge in [-0.25, -0.2) is 0 Å². The summed E-state index contributed by atoms with van der Waals surface area (Å²) in [6.07, 6.45) is 38.0. The zero-order valence-electron chi connectivity index (χ0n) is 34.0. The summed E-state index contributed by atoms with van der Waals surface area (Å²) in [5.41, 5.74) is 0. The molecule has 1 fully saturated rings. The molecule has 7 atom stereocenters. The van der Waals surface area contributed by atoms with Crippen LogP contribution >= 0.6 is 0 Å². The molecule has 1 aliphatic rings. The number of amides is 1. The lowest BCUT2D eigenvalue weighted by Crippen LogP contribution is -2.60. The van der Waals surface area contributed by atoms with Crippen LogP contribution in [0.15, 0.2) is 60.8 Å². The average Bonchev–Trinajstić information content (AvgIpc) is 3.17. The smallest absolute Gasteiger partial charge is 0.220 e. The van der Waals surface area contributed by atoms with Crippen LogP contribution in [0.5, 0.6) is 0 Å². The molecule has 0 spiro atoms. The molecular weight excluding hydrogens is 682 g/mol. The molecule has 1 amide bonds. The van der Waals surface area contributed by atoms with E-state index in [9.17, 15) is 30.3 Å². The van der Waals surface area contributed by atoms with Gasteiger partial charge in [-0.1, -0.05) is 164 Å². The lowest BCUT2D eigenvalue weighted by atomic mass is 9.99. The highest BCUT2D eigenvalue weighted by atomic mass is 16.7. The third kappa shape index (κ3) is 25.9. The summed E-state index contributed by atoms with van der Waals surface area (Å²) in [7, 11) is 0. The van der Waals surface area contributed by atoms with E-state index in [1.54, 1.807) is 0 Å². The largest absolute Gasteiger partial charge is 0.394 e. The highest BCUT2D eigenvalue weighted by Gasteiger charge is 2.44. The van der Waals surface area contributed by atoms with Crippen molar-refractivity contribution in [3.63, 3.8) is 0 Å². The number of hydrogen-bond acceptors (Lipinski definition) is 8. The molecule has 9 heteroatoms. The molecule has 0 aliphatic carbocycles. The molecule has 1 rings (SSSR count). The molecule has 6 N–H and O–H groups in total. The van der Waals surface area contributed by atoms with Gasteiger partial charge in [-0.05, 0) is 51.4 Å². The van der Waals surface area contributed by atoms with E-state index in [1.807, 2.05) is 0 Å². The molecule has 0 bridgehead atoms. The van der Waals surface area contributed by atoms with Gasteiger partial charge in [0.05, 0.1) is 25.4 Å². The number of carbonyl (C=O) groups excluding carboxylic acids is 1. The molecule has 0 aromatic heterocycles. The van der Waals surface area contributed by atoms with Crippen LogP contribution in [0.2, 0.25) is 0 Å². The third-order valence-corrected chi connectivity index (χ3v) is 9.89. The molecule has 1 saturated heterocycles. The molecule has 312 valence electrons. The van der Waals surface area contributed by atoms with Crippen molar-refractivity contribution in [3.8, 4) is 0 Å². The predicted octanol–water partition coefficient (Wildman–Crippen LogP) is 8.44. The zero-order chi connectivity index (χ0) is 39.5. The predicted molar refractivity (Wildman–Crippen MR) is 221 cm³/mol. The molecular formula is C45H79NO8. The van der Waals surface area contributed by atoms with Crippen molar-refractivity contribution in [2.75, 3.05) is 13.2 Å². The number of allylic oxidation sites excluding steroid dienone is 10. The number of rotatable bonds is 34. The van der Waals surface area contributed by atoms with Crippen LogP contribution < -0.4 is 5.32 Å². The zero-order valence-corrected chi connectivity index (χ0v) is 34.0. The average molecular weight is 762 g/mol. The maximum absolute atomic E-state index is 12.9. The van der Waals surface area contributed by atoms with E-state index in [-0.39, 0.29) is 18.9 Å². The van der Waals surface area contributed by atoms with Crippen molar-refractivity contribution in [3.05, 3.63) is 60.8 Å². The van der Waals surface area contributed by atoms with Crippen LogP contribution in [0.25, 0.3) is 0 Å². The third-order valence-electron chi connectivity index (χ3n) is 9.89. The van der Waals surface area contributed by atoms with Gasteiger partial charge in [0.15, 0.2) is 6.29 Å². The minimum absolute atomic E-state index is 0.164. The molecule has 9 nitrogen and oxygen atoms in total. The Morgan fingerprint density at radius 2 is 1.13 bits per heavy atom. The Labute approximate surface area is 328 Å². The van der Waals surface area contributed by atoms with Gasteiger partial charge in [-0.15, -0.1) is 0 Å². The van der Waals surface area contributed by atoms with Crippen molar-refractivity contribution >= 4 is 5.91 Å². The van der Waals surface area contributed by atoms with E-state index in [4.69, 9.17) is 9.47 Å². The van der Waals surface area contributed by atoms with Gasteiger partial charge in [0.25, 0.3) is 0 Å². The van der Waals surface area contributed by atoms with Crippen LogP contribution in [-0.4, -0.2) is 87.5 Å². The summed E-state index contributed by atoms with van der Waals surface area (Å²) >= 11 is 0. The van der Waals surface area contributed by atoms with Gasteiger partial charge in [-0.2, -0.15) is 0 Å². The summed E-state index contributed by atoms with van der Waals surface area (Å²) in [5, 5.41) is 54.2. The van der Waals surface area contributed by atoms with E-state index >= 15 is 0 Å². The Hall–Kier alpha value is -2.11. The minimum atomic E-state index is -1.56. The van der Waals surface area contributed by atoms with Gasteiger partial charge >= 0.3 is 0 Å². The Morgan fingerprint density at radius 1 is 0.648 bits per heavy atom. The lowest BCUT2D eigenvalue weighted by molar-refractivity contribution is -0.302. The Bertz CT molecular complexity index is 1030.